The number of rotatable bonds is 0. The van der Waals surface area contributed by atoms with Gasteiger partial charge in [0, 0.05) is 0 Å². The second-order valence-corrected chi connectivity index (χ2v) is 18.5. The third-order valence-corrected chi connectivity index (χ3v) is 0. The Morgan fingerprint density at radius 2 is 0.216 bits per heavy atom. The second-order valence-electron chi connectivity index (χ2n) is 3.13. The zero-order valence-electron chi connectivity index (χ0n) is 16.0. The molecule has 0 aliphatic carbocycles. The second kappa shape index (κ2) is 26.3. The van der Waals surface area contributed by atoms with E-state index in [0.717, 1.165) is 0 Å². The van der Waals surface area contributed by atoms with Gasteiger partial charge in [0.15, 0.2) is 0 Å². The Balaban J connectivity index is -0.0000000350. The summed E-state index contributed by atoms with van der Waals surface area (Å²) in [6.07, 6.45) is 0. The van der Waals surface area contributed by atoms with Crippen molar-refractivity contribution in [2.24, 2.45) is 0 Å². The molecule has 37 heteroatoms. The van der Waals surface area contributed by atoms with E-state index in [2.05, 4.69) is 0 Å². The molecule has 0 aliphatic rings. The van der Waals surface area contributed by atoms with Crippen LogP contribution in [0.25, 0.3) is 0 Å². The molecule has 0 aromatic heterocycles. The summed E-state index contributed by atoms with van der Waals surface area (Å²) in [6.45, 7) is 0. The molecule has 0 rings (SSSR count). The normalized spacial score (nSPS) is 11.0. The first-order valence-corrected chi connectivity index (χ1v) is 28.9. The Kier molecular flexibility index (Phi) is 44.1. The molecule has 0 heterocycles. The van der Waals surface area contributed by atoms with Crippen molar-refractivity contribution < 1.29 is 223 Å². The molecular weight excluding hydrogens is 1150 g/mol. The van der Waals surface area contributed by atoms with Crippen LogP contribution in [0.4, 0.5) is 0 Å². The summed E-state index contributed by atoms with van der Waals surface area (Å²) in [7, 11) is 0. The molecule has 30 nitrogen and oxygen atoms in total. The molecule has 0 aliphatic heterocycles. The van der Waals surface area contributed by atoms with Gasteiger partial charge in [0.05, 0.1) is 0 Å². The van der Waals surface area contributed by atoms with E-state index >= 15 is 0 Å². The molecule has 37 heavy (non-hydrogen) atoms. The average molecular weight is 1170 g/mol. The van der Waals surface area contributed by atoms with E-state index in [9.17, 15) is 0 Å². The van der Waals surface area contributed by atoms with E-state index in [1.807, 2.05) is 0 Å². The van der Waals surface area contributed by atoms with Gasteiger partial charge in [-0.25, -0.2) is 0 Å². The van der Waals surface area contributed by atoms with Crippen molar-refractivity contribution in [1.29, 1.82) is 0 Å². The van der Waals surface area contributed by atoms with Crippen molar-refractivity contribution in [3.8, 4) is 0 Å². The van der Waals surface area contributed by atoms with Crippen molar-refractivity contribution in [3.05, 3.63) is 0 Å². The first kappa shape index (κ1) is 62.1. The summed E-state index contributed by atoms with van der Waals surface area (Å²) in [5.41, 5.74) is 0. The summed E-state index contributed by atoms with van der Waals surface area (Å²) in [6, 6.07) is 0. The van der Waals surface area contributed by atoms with Gasteiger partial charge >= 0.3 is 217 Å². The van der Waals surface area contributed by atoms with Crippen molar-refractivity contribution in [3.63, 3.8) is 0 Å². The Morgan fingerprint density at radius 3 is 0.216 bits per heavy atom. The fraction of sp³-hybridized carbons (Fsp3) is 0. The predicted molar refractivity (Wildman–Crippen MR) is 49.3 cm³/mol. The van der Waals surface area contributed by atoms with E-state index in [1.54, 1.807) is 0 Å². The number of hydrogen-bond donors (Lipinski definition) is 15. The van der Waals surface area contributed by atoms with Crippen LogP contribution < -0.4 is 6.15 Å². The molecule has 0 aromatic carbocycles. The molecule has 19 N–H and O–H groups in total. The zero-order valence-corrected chi connectivity index (χ0v) is 30.1. The topological polar surface area (TPSA) is 589 Å². The van der Waals surface area contributed by atoms with Crippen LogP contribution in [0.15, 0.2) is 0 Å². The molecule has 0 radical (unpaired) electrons. The standard InChI is InChI=1S/7Mo.H3N.15H2O.14O/h;;;;;;;1H3;15*1H2;;;;;;;;;;;;;;/q7*+2;;;;;;;;;;;;;;;;;;;;;;;;;;;;;;/p-14. The third-order valence-electron chi connectivity index (χ3n) is 0. The summed E-state index contributed by atoms with van der Waals surface area (Å²) in [4.78, 5) is 0. The summed E-state index contributed by atoms with van der Waals surface area (Å²) < 4.78 is 224. The van der Waals surface area contributed by atoms with Gasteiger partial charge in [-0.3, -0.25) is 0 Å². The van der Waals surface area contributed by atoms with Crippen LogP contribution in [0, 0.1) is 0 Å². The molecule has 0 saturated heterocycles. The molecule has 0 unspecified atom stereocenters. The van der Waals surface area contributed by atoms with Crippen molar-refractivity contribution in [2.45, 2.75) is 0 Å². The molecule has 0 aromatic rings. The molecule has 240 valence electrons. The maximum absolute atomic E-state index is 8.85. The van der Waals surface area contributed by atoms with Crippen LogP contribution in [-0.2, 0) is 165 Å². The molecule has 0 bridgehead atoms. The van der Waals surface area contributed by atoms with Crippen LogP contribution in [0.2, 0.25) is 0 Å². The van der Waals surface area contributed by atoms with Crippen LogP contribution >= 0.6 is 0 Å². The van der Waals surface area contributed by atoms with Crippen LogP contribution in [0.5, 0.6) is 0 Å². The van der Waals surface area contributed by atoms with Gasteiger partial charge in [-0.2, -0.15) is 0 Å². The van der Waals surface area contributed by atoms with Gasteiger partial charge in [0.1, 0.15) is 0 Å². The molecule has 0 fully saturated rings. The molecule has 0 spiro atoms. The maximum atomic E-state index is 8.85. The van der Waals surface area contributed by atoms with E-state index in [1.165, 1.54) is 0 Å². The van der Waals surface area contributed by atoms with Crippen molar-refractivity contribution in [1.82, 2.24) is 6.15 Å². The van der Waals surface area contributed by atoms with Crippen LogP contribution in [0.3, 0.4) is 0 Å². The summed E-state index contributed by atoms with van der Waals surface area (Å²) in [5.74, 6) is 0. The van der Waals surface area contributed by atoms with Gasteiger partial charge in [-0.05, 0) is 0 Å². The Bertz CT molecular complexity index is 909. The van der Waals surface area contributed by atoms with Gasteiger partial charge in [-0.1, -0.05) is 0 Å². The Labute approximate surface area is 226 Å². The van der Waals surface area contributed by atoms with Crippen molar-refractivity contribution >= 4 is 0 Å². The van der Waals surface area contributed by atoms with Crippen LogP contribution in [-0.4, -0.2) is 58.1 Å². The summed E-state index contributed by atoms with van der Waals surface area (Å²) >= 11 is -38.6. The third kappa shape index (κ3) is 24600. The Morgan fingerprint density at radius 1 is 0.216 bits per heavy atom. The van der Waals surface area contributed by atoms with E-state index < -0.39 is 117 Å². The fourth-order valence-electron chi connectivity index (χ4n) is 0. The van der Waals surface area contributed by atoms with E-state index in [0.29, 0.717) is 0 Å². The van der Waals surface area contributed by atoms with Crippen LogP contribution in [0.1, 0.15) is 0 Å². The quantitative estimate of drug-likeness (QED) is 0.100. The minimum absolute atomic E-state index is 0. The molecule has 0 saturated carbocycles. The minimum atomic E-state index is -5.52. The first-order valence-electron chi connectivity index (χ1n) is 4.89. The molecule has 0 atom stereocenters. The van der Waals surface area contributed by atoms with Gasteiger partial charge in [0.2, 0.25) is 0 Å². The SMILES string of the molecule is N.O.[O]=[Mo](=[O])([OH])[OH].[O]=[Mo](=[O])([OH])[OH].[O]=[Mo](=[O])([OH])[OH].[O]=[Mo](=[O])([OH])[OH].[O]=[Mo](=[O])([OH])[OH].[O]=[Mo](=[O])([OH])[OH].[O]=[Mo](=[O])([OH])[OH]. The first-order chi connectivity index (χ1) is 14.0. The number of hydrogen-bond acceptors (Lipinski definition) is 15. The molecule has 0 amide bonds. The Hall–Kier alpha value is 1.38. The zero-order chi connectivity index (χ0) is 31.5. The van der Waals surface area contributed by atoms with Crippen molar-refractivity contribution in [2.75, 3.05) is 0 Å². The molecular formula is H19Mo7NO29. The van der Waals surface area contributed by atoms with Gasteiger partial charge < -0.3 is 11.6 Å². The van der Waals surface area contributed by atoms with Gasteiger partial charge in [-0.15, -0.1) is 0 Å². The summed E-state index contributed by atoms with van der Waals surface area (Å²) in [5, 5.41) is 0. The average Bonchev–Trinajstić information content (AvgIpc) is 2.06. The fourth-order valence-corrected chi connectivity index (χ4v) is 0. The van der Waals surface area contributed by atoms with Gasteiger partial charge in [0.25, 0.3) is 0 Å². The predicted octanol–water partition coefficient (Wildman–Crippen LogP) is -10.1. The monoisotopic (exact) mass is 1180 g/mol. The van der Waals surface area contributed by atoms with E-state index in [-0.39, 0.29) is 11.6 Å². The van der Waals surface area contributed by atoms with E-state index in [4.69, 9.17) is 100 Å².